The van der Waals surface area contributed by atoms with E-state index < -0.39 is 0 Å². The second kappa shape index (κ2) is 8.41. The summed E-state index contributed by atoms with van der Waals surface area (Å²) in [6, 6.07) is 17.5. The molecule has 0 amide bonds. The minimum Gasteiger partial charge on any atom is -0.507 e. The Hall–Kier alpha value is -3.25. The molecule has 1 aromatic heterocycles. The van der Waals surface area contributed by atoms with Gasteiger partial charge in [0.15, 0.2) is 0 Å². The zero-order valence-electron chi connectivity index (χ0n) is 16.4. The number of aromatic nitrogens is 1. The number of nitrogens with one attached hydrogen (secondary N) is 2. The molecule has 6 heteroatoms. The largest absolute Gasteiger partial charge is 0.507 e. The van der Waals surface area contributed by atoms with Crippen LogP contribution in [0.1, 0.15) is 29.9 Å². The molecule has 7 N–H and O–H groups in total. The van der Waals surface area contributed by atoms with Gasteiger partial charge in [0, 0.05) is 18.8 Å². The van der Waals surface area contributed by atoms with Crippen molar-refractivity contribution in [3.8, 4) is 17.0 Å². The van der Waals surface area contributed by atoms with Gasteiger partial charge in [0.05, 0.1) is 16.9 Å². The van der Waals surface area contributed by atoms with Crippen molar-refractivity contribution in [2.24, 2.45) is 0 Å². The molecule has 1 atom stereocenters. The van der Waals surface area contributed by atoms with Crippen molar-refractivity contribution < 1.29 is 5.11 Å². The zero-order valence-corrected chi connectivity index (χ0v) is 16.4. The maximum Gasteiger partial charge on any atom is 0.147 e. The lowest BCUT2D eigenvalue weighted by Crippen LogP contribution is -2.29. The minimum atomic E-state index is 0.160. The number of phenolic OH excluding ortho intramolecular Hbond substituents is 1. The number of nitrogens with two attached hydrogens (primary N) is 2. The van der Waals surface area contributed by atoms with Crippen molar-refractivity contribution >= 4 is 17.2 Å². The molecule has 1 unspecified atom stereocenters. The van der Waals surface area contributed by atoms with Crippen molar-refractivity contribution in [3.63, 3.8) is 0 Å². The first-order valence-corrected chi connectivity index (χ1v) is 10.00. The van der Waals surface area contributed by atoms with Gasteiger partial charge < -0.3 is 27.2 Å². The summed E-state index contributed by atoms with van der Waals surface area (Å²) >= 11 is 0. The van der Waals surface area contributed by atoms with Crippen molar-refractivity contribution in [1.82, 2.24) is 10.3 Å². The van der Waals surface area contributed by atoms with Gasteiger partial charge in [-0.3, -0.25) is 0 Å². The first kappa shape index (κ1) is 19.1. The SMILES string of the molecule is Nc1nc(-c2c(O)cccc2NCc2ccccc2)cc(C2CCCNC2)c1N. The summed E-state index contributed by atoms with van der Waals surface area (Å²) in [7, 11) is 0. The van der Waals surface area contributed by atoms with Crippen LogP contribution in [0.2, 0.25) is 0 Å². The average molecular weight is 390 g/mol. The molecule has 2 heterocycles. The van der Waals surface area contributed by atoms with Crippen LogP contribution in [0.25, 0.3) is 11.3 Å². The summed E-state index contributed by atoms with van der Waals surface area (Å²) < 4.78 is 0. The van der Waals surface area contributed by atoms with Gasteiger partial charge in [-0.2, -0.15) is 0 Å². The normalized spacial score (nSPS) is 16.5. The van der Waals surface area contributed by atoms with E-state index in [1.807, 2.05) is 36.4 Å². The minimum absolute atomic E-state index is 0.160. The lowest BCUT2D eigenvalue weighted by atomic mass is 9.89. The number of rotatable bonds is 5. The first-order chi connectivity index (χ1) is 14.1. The quantitative estimate of drug-likeness (QED) is 0.455. The Labute approximate surface area is 171 Å². The Kier molecular flexibility index (Phi) is 5.53. The highest BCUT2D eigenvalue weighted by molar-refractivity contribution is 5.83. The van der Waals surface area contributed by atoms with E-state index in [4.69, 9.17) is 11.5 Å². The molecule has 1 aliphatic heterocycles. The van der Waals surface area contributed by atoms with Crippen LogP contribution in [0.5, 0.6) is 5.75 Å². The van der Waals surface area contributed by atoms with E-state index in [1.54, 1.807) is 6.07 Å². The van der Waals surface area contributed by atoms with Crippen LogP contribution in [0, 0.1) is 0 Å². The Morgan fingerprint density at radius 3 is 2.69 bits per heavy atom. The standard InChI is InChI=1S/C23H27N5O/c24-22-17(16-8-5-11-26-14-16)12-19(28-23(22)25)21-18(9-4-10-20(21)29)27-13-15-6-2-1-3-7-15/h1-4,6-7,9-10,12,16,26-27,29H,5,8,11,13-14,24H2,(H2,25,28). The first-order valence-electron chi connectivity index (χ1n) is 10.00. The molecule has 4 rings (SSSR count). The highest BCUT2D eigenvalue weighted by Gasteiger charge is 2.22. The van der Waals surface area contributed by atoms with Crippen LogP contribution in [0.3, 0.4) is 0 Å². The van der Waals surface area contributed by atoms with Gasteiger partial charge in [-0.15, -0.1) is 0 Å². The van der Waals surface area contributed by atoms with E-state index in [0.717, 1.165) is 42.7 Å². The summed E-state index contributed by atoms with van der Waals surface area (Å²) in [6.07, 6.45) is 2.15. The van der Waals surface area contributed by atoms with Crippen molar-refractivity contribution in [3.05, 3.63) is 65.7 Å². The lowest BCUT2D eigenvalue weighted by molar-refractivity contribution is 0.462. The number of aromatic hydroxyl groups is 1. The molecule has 0 saturated carbocycles. The Morgan fingerprint density at radius 1 is 1.10 bits per heavy atom. The zero-order chi connectivity index (χ0) is 20.2. The third kappa shape index (κ3) is 4.12. The number of anilines is 3. The van der Waals surface area contributed by atoms with E-state index in [0.29, 0.717) is 35.2 Å². The number of nitrogen functional groups attached to an aromatic ring is 2. The number of piperidine rings is 1. The molecule has 0 radical (unpaired) electrons. The van der Waals surface area contributed by atoms with Crippen LogP contribution in [0.4, 0.5) is 17.2 Å². The van der Waals surface area contributed by atoms with Gasteiger partial charge in [-0.05, 0) is 54.6 Å². The van der Waals surface area contributed by atoms with E-state index in [2.05, 4.69) is 27.8 Å². The van der Waals surface area contributed by atoms with Gasteiger partial charge in [-0.25, -0.2) is 4.98 Å². The van der Waals surface area contributed by atoms with Crippen LogP contribution in [-0.4, -0.2) is 23.2 Å². The Bertz CT molecular complexity index is 984. The average Bonchev–Trinajstić information content (AvgIpc) is 2.75. The summed E-state index contributed by atoms with van der Waals surface area (Å²) in [6.45, 7) is 2.53. The van der Waals surface area contributed by atoms with Gasteiger partial charge in [0.2, 0.25) is 0 Å². The predicted octanol–water partition coefficient (Wildman–Crippen LogP) is 3.70. The van der Waals surface area contributed by atoms with Crippen molar-refractivity contribution in [2.75, 3.05) is 29.9 Å². The maximum atomic E-state index is 10.6. The number of benzene rings is 2. The van der Waals surface area contributed by atoms with Gasteiger partial charge in [-0.1, -0.05) is 36.4 Å². The molecule has 150 valence electrons. The van der Waals surface area contributed by atoms with E-state index in [9.17, 15) is 5.11 Å². The lowest BCUT2D eigenvalue weighted by Gasteiger charge is -2.25. The maximum absolute atomic E-state index is 10.6. The molecular formula is C23H27N5O. The number of hydrogen-bond acceptors (Lipinski definition) is 6. The molecular weight excluding hydrogens is 362 g/mol. The topological polar surface area (TPSA) is 109 Å². The summed E-state index contributed by atoms with van der Waals surface area (Å²) in [5.74, 6) is 0.757. The Balaban J connectivity index is 1.71. The van der Waals surface area contributed by atoms with Crippen molar-refractivity contribution in [1.29, 1.82) is 0 Å². The van der Waals surface area contributed by atoms with Crippen LogP contribution in [0.15, 0.2) is 54.6 Å². The highest BCUT2D eigenvalue weighted by Crippen LogP contribution is 2.39. The fraction of sp³-hybridized carbons (Fsp3) is 0.261. The van der Waals surface area contributed by atoms with E-state index in [-0.39, 0.29) is 5.75 Å². The molecule has 1 saturated heterocycles. The van der Waals surface area contributed by atoms with E-state index >= 15 is 0 Å². The fourth-order valence-corrected chi connectivity index (χ4v) is 3.93. The molecule has 1 aliphatic rings. The van der Waals surface area contributed by atoms with Crippen LogP contribution in [-0.2, 0) is 6.54 Å². The molecule has 1 fully saturated rings. The van der Waals surface area contributed by atoms with Gasteiger partial charge in [0.1, 0.15) is 11.6 Å². The van der Waals surface area contributed by atoms with Gasteiger partial charge in [0.25, 0.3) is 0 Å². The monoisotopic (exact) mass is 389 g/mol. The second-order valence-electron chi connectivity index (χ2n) is 7.48. The number of nitrogens with zero attached hydrogens (tertiary/aromatic N) is 1. The number of hydrogen-bond donors (Lipinski definition) is 5. The van der Waals surface area contributed by atoms with E-state index in [1.165, 1.54) is 0 Å². The third-order valence-corrected chi connectivity index (χ3v) is 5.48. The summed E-state index contributed by atoms with van der Waals surface area (Å²) in [4.78, 5) is 4.51. The van der Waals surface area contributed by atoms with Crippen LogP contribution >= 0.6 is 0 Å². The predicted molar refractivity (Wildman–Crippen MR) is 119 cm³/mol. The summed E-state index contributed by atoms with van der Waals surface area (Å²) in [5.41, 5.74) is 17.2. The number of phenols is 1. The molecule has 3 aromatic rings. The third-order valence-electron chi connectivity index (χ3n) is 5.48. The molecule has 2 aromatic carbocycles. The molecule has 0 aliphatic carbocycles. The summed E-state index contributed by atoms with van der Waals surface area (Å²) in [5, 5.41) is 17.5. The number of pyridine rings is 1. The molecule has 0 bridgehead atoms. The Morgan fingerprint density at radius 2 is 1.93 bits per heavy atom. The molecule has 6 nitrogen and oxygen atoms in total. The molecule has 0 spiro atoms. The fourth-order valence-electron chi connectivity index (χ4n) is 3.93. The van der Waals surface area contributed by atoms with Gasteiger partial charge >= 0.3 is 0 Å². The van der Waals surface area contributed by atoms with Crippen LogP contribution < -0.4 is 22.1 Å². The second-order valence-corrected chi connectivity index (χ2v) is 7.48. The highest BCUT2D eigenvalue weighted by atomic mass is 16.3. The molecule has 29 heavy (non-hydrogen) atoms. The van der Waals surface area contributed by atoms with Crippen molar-refractivity contribution in [2.45, 2.75) is 25.3 Å². The smallest absolute Gasteiger partial charge is 0.147 e.